The molecule has 1 aromatic rings. The van der Waals surface area contributed by atoms with E-state index in [1.54, 1.807) is 0 Å². The van der Waals surface area contributed by atoms with Crippen LogP contribution in [0.3, 0.4) is 0 Å². The van der Waals surface area contributed by atoms with Crippen molar-refractivity contribution in [3.8, 4) is 0 Å². The van der Waals surface area contributed by atoms with Gasteiger partial charge >= 0.3 is 0 Å². The second-order valence-corrected chi connectivity index (χ2v) is 3.34. The Balaban J connectivity index is 2.98. The Morgan fingerprint density at radius 1 is 1.33 bits per heavy atom. The maximum atomic E-state index is 10.8. The largest absolute Gasteiger partial charge is 0.281 e. The lowest BCUT2D eigenvalue weighted by Gasteiger charge is -1.99. The van der Waals surface area contributed by atoms with Gasteiger partial charge in [-0.2, -0.15) is 0 Å². The number of carbonyl (C=O) groups is 1. The molecule has 0 heterocycles. The first-order valence-electron chi connectivity index (χ1n) is 3.57. The number of halogens is 1. The fourth-order valence-corrected chi connectivity index (χ4v) is 1.10. The van der Waals surface area contributed by atoms with Crippen LogP contribution >= 0.6 is 15.9 Å². The second kappa shape index (κ2) is 3.68. The highest BCUT2D eigenvalue weighted by molar-refractivity contribution is 9.18. The Hall–Kier alpha value is -0.890. The molecule has 0 saturated heterocycles. The summed E-state index contributed by atoms with van der Waals surface area (Å²) in [5.41, 5.74) is 2.53. The summed E-state index contributed by atoms with van der Waals surface area (Å²) in [6.07, 6.45) is 0. The van der Waals surface area contributed by atoms with Crippen LogP contribution in [0.5, 0.6) is 0 Å². The SMILES string of the molecule is C=C(C(=O)Br)c1ccc(C)cc1. The summed E-state index contributed by atoms with van der Waals surface area (Å²) in [4.78, 5) is 10.8. The van der Waals surface area contributed by atoms with E-state index in [1.165, 1.54) is 5.56 Å². The maximum Gasteiger partial charge on any atom is 0.228 e. The molecule has 0 aromatic heterocycles. The maximum absolute atomic E-state index is 10.8. The van der Waals surface area contributed by atoms with Gasteiger partial charge in [0.25, 0.3) is 0 Å². The summed E-state index contributed by atoms with van der Waals surface area (Å²) in [7, 11) is 0. The predicted molar refractivity (Wildman–Crippen MR) is 54.1 cm³/mol. The van der Waals surface area contributed by atoms with Crippen molar-refractivity contribution in [2.75, 3.05) is 0 Å². The van der Waals surface area contributed by atoms with E-state index in [4.69, 9.17) is 0 Å². The quantitative estimate of drug-likeness (QED) is 0.558. The molecule has 0 fully saturated rings. The van der Waals surface area contributed by atoms with E-state index in [0.29, 0.717) is 5.57 Å². The van der Waals surface area contributed by atoms with Gasteiger partial charge < -0.3 is 0 Å². The highest BCUT2D eigenvalue weighted by atomic mass is 79.9. The normalized spacial score (nSPS) is 9.50. The minimum Gasteiger partial charge on any atom is -0.281 e. The number of hydrogen-bond donors (Lipinski definition) is 0. The molecule has 0 bridgehead atoms. The van der Waals surface area contributed by atoms with Gasteiger partial charge in [0.15, 0.2) is 0 Å². The van der Waals surface area contributed by atoms with Gasteiger partial charge in [0.2, 0.25) is 4.69 Å². The van der Waals surface area contributed by atoms with Crippen molar-refractivity contribution >= 4 is 26.2 Å². The molecule has 0 aliphatic rings. The Bertz CT molecular complexity index is 311. The minimum absolute atomic E-state index is 0.161. The zero-order valence-corrected chi connectivity index (χ0v) is 8.39. The molecule has 0 unspecified atom stereocenters. The van der Waals surface area contributed by atoms with Crippen molar-refractivity contribution in [3.63, 3.8) is 0 Å². The molecule has 0 saturated carbocycles. The summed E-state index contributed by atoms with van der Waals surface area (Å²) in [5.74, 6) is 0. The molecule has 0 aliphatic carbocycles. The molecule has 1 rings (SSSR count). The molecule has 1 nitrogen and oxygen atoms in total. The Morgan fingerprint density at radius 2 is 1.83 bits per heavy atom. The summed E-state index contributed by atoms with van der Waals surface area (Å²) in [6.45, 7) is 5.66. The van der Waals surface area contributed by atoms with E-state index in [2.05, 4.69) is 22.5 Å². The van der Waals surface area contributed by atoms with Gasteiger partial charge in [-0.05, 0) is 28.4 Å². The first kappa shape index (κ1) is 9.20. The summed E-state index contributed by atoms with van der Waals surface area (Å²) in [6, 6.07) is 7.68. The third-order valence-electron chi connectivity index (χ3n) is 1.64. The van der Waals surface area contributed by atoms with Crippen molar-refractivity contribution < 1.29 is 4.79 Å². The number of hydrogen-bond acceptors (Lipinski definition) is 1. The van der Waals surface area contributed by atoms with Gasteiger partial charge in [-0.15, -0.1) is 0 Å². The van der Waals surface area contributed by atoms with Gasteiger partial charge in [0.1, 0.15) is 0 Å². The van der Waals surface area contributed by atoms with Crippen LogP contribution in [-0.4, -0.2) is 4.69 Å². The third kappa shape index (κ3) is 2.05. The van der Waals surface area contributed by atoms with E-state index in [-0.39, 0.29) is 4.69 Å². The van der Waals surface area contributed by atoms with Gasteiger partial charge in [-0.25, -0.2) is 0 Å². The summed E-state index contributed by atoms with van der Waals surface area (Å²) < 4.78 is -0.161. The van der Waals surface area contributed by atoms with Crippen LogP contribution in [0, 0.1) is 6.92 Å². The molecule has 0 spiro atoms. The van der Waals surface area contributed by atoms with Crippen molar-refractivity contribution in [2.45, 2.75) is 6.92 Å². The first-order valence-corrected chi connectivity index (χ1v) is 4.36. The van der Waals surface area contributed by atoms with Crippen LogP contribution in [0.1, 0.15) is 11.1 Å². The van der Waals surface area contributed by atoms with Crippen molar-refractivity contribution in [3.05, 3.63) is 42.0 Å². The van der Waals surface area contributed by atoms with E-state index < -0.39 is 0 Å². The van der Waals surface area contributed by atoms with Crippen LogP contribution in [0.15, 0.2) is 30.8 Å². The lowest BCUT2D eigenvalue weighted by Crippen LogP contribution is -1.89. The molecular weight excluding hydrogens is 216 g/mol. The van der Waals surface area contributed by atoms with Crippen molar-refractivity contribution in [1.82, 2.24) is 0 Å². The van der Waals surface area contributed by atoms with Crippen LogP contribution in [-0.2, 0) is 4.79 Å². The van der Waals surface area contributed by atoms with Gasteiger partial charge in [0, 0.05) is 5.57 Å². The summed E-state index contributed by atoms with van der Waals surface area (Å²) in [5, 5.41) is 0. The number of aryl methyl sites for hydroxylation is 1. The Morgan fingerprint density at radius 3 is 2.25 bits per heavy atom. The van der Waals surface area contributed by atoms with Crippen LogP contribution in [0.25, 0.3) is 5.57 Å². The van der Waals surface area contributed by atoms with E-state index >= 15 is 0 Å². The van der Waals surface area contributed by atoms with E-state index in [9.17, 15) is 4.79 Å². The number of allylic oxidation sites excluding steroid dienone is 1. The predicted octanol–water partition coefficient (Wildman–Crippen LogP) is 2.93. The van der Waals surface area contributed by atoms with Crippen LogP contribution in [0.2, 0.25) is 0 Å². The highest BCUT2D eigenvalue weighted by Crippen LogP contribution is 2.16. The molecule has 0 N–H and O–H groups in total. The first-order chi connectivity index (χ1) is 5.61. The Kier molecular flexibility index (Phi) is 2.82. The fraction of sp³-hybridized carbons (Fsp3) is 0.100. The lowest BCUT2D eigenvalue weighted by molar-refractivity contribution is -0.105. The Labute approximate surface area is 80.2 Å². The average molecular weight is 225 g/mol. The lowest BCUT2D eigenvalue weighted by atomic mass is 10.1. The molecule has 62 valence electrons. The zero-order chi connectivity index (χ0) is 9.14. The van der Waals surface area contributed by atoms with Gasteiger partial charge in [0.05, 0.1) is 0 Å². The molecule has 1 aromatic carbocycles. The molecule has 0 atom stereocenters. The molecule has 12 heavy (non-hydrogen) atoms. The molecule has 0 amide bonds. The summed E-state index contributed by atoms with van der Waals surface area (Å²) >= 11 is 2.86. The number of rotatable bonds is 2. The smallest absolute Gasteiger partial charge is 0.228 e. The highest BCUT2D eigenvalue weighted by Gasteiger charge is 2.03. The van der Waals surface area contributed by atoms with Crippen LogP contribution in [0.4, 0.5) is 0 Å². The number of carbonyl (C=O) groups excluding carboxylic acids is 1. The van der Waals surface area contributed by atoms with Crippen molar-refractivity contribution in [2.24, 2.45) is 0 Å². The topological polar surface area (TPSA) is 17.1 Å². The fourth-order valence-electron chi connectivity index (χ4n) is 0.868. The van der Waals surface area contributed by atoms with E-state index in [1.807, 2.05) is 31.2 Å². The molecule has 2 heteroatoms. The molecule has 0 radical (unpaired) electrons. The number of benzene rings is 1. The molecule has 0 aliphatic heterocycles. The van der Waals surface area contributed by atoms with E-state index in [0.717, 1.165) is 5.56 Å². The zero-order valence-electron chi connectivity index (χ0n) is 6.80. The molecular formula is C10H9BrO. The monoisotopic (exact) mass is 224 g/mol. The van der Waals surface area contributed by atoms with Crippen LogP contribution < -0.4 is 0 Å². The van der Waals surface area contributed by atoms with Gasteiger partial charge in [-0.1, -0.05) is 36.4 Å². The second-order valence-electron chi connectivity index (χ2n) is 2.62. The minimum atomic E-state index is -0.161. The van der Waals surface area contributed by atoms with Crippen molar-refractivity contribution in [1.29, 1.82) is 0 Å². The standard InChI is InChI=1S/C10H9BrO/c1-7-3-5-9(6-4-7)8(2)10(11)12/h3-6H,2H2,1H3. The third-order valence-corrected chi connectivity index (χ3v) is 2.12. The van der Waals surface area contributed by atoms with Gasteiger partial charge in [-0.3, -0.25) is 4.79 Å². The average Bonchev–Trinajstić information content (AvgIpc) is 2.04.